The molecule has 0 amide bonds. The molecule has 0 bridgehead atoms. The predicted molar refractivity (Wildman–Crippen MR) is 57.9 cm³/mol. The van der Waals surface area contributed by atoms with E-state index in [-0.39, 0.29) is 0 Å². The first-order valence-corrected chi connectivity index (χ1v) is 6.93. The Morgan fingerprint density at radius 3 is 1.79 bits per heavy atom. The van der Waals surface area contributed by atoms with Crippen LogP contribution in [0, 0.1) is 35.5 Å². The van der Waals surface area contributed by atoms with E-state index in [1.165, 1.54) is 35.5 Å². The molecule has 0 heterocycles. The van der Waals surface area contributed by atoms with Crippen LogP contribution in [0.1, 0.15) is 51.4 Å². The SMILES string of the molecule is C1CC2CCC3CCC4CC(C1)C2C34. The van der Waals surface area contributed by atoms with E-state index in [9.17, 15) is 0 Å². The second kappa shape index (κ2) is 2.77. The summed E-state index contributed by atoms with van der Waals surface area (Å²) in [6, 6.07) is 0. The fraction of sp³-hybridized carbons (Fsp3) is 1.00. The number of hydrogen-bond acceptors (Lipinski definition) is 0. The van der Waals surface area contributed by atoms with E-state index in [4.69, 9.17) is 0 Å². The van der Waals surface area contributed by atoms with Gasteiger partial charge in [-0.25, -0.2) is 0 Å². The van der Waals surface area contributed by atoms with Gasteiger partial charge >= 0.3 is 0 Å². The Hall–Kier alpha value is 0. The first kappa shape index (κ1) is 8.19. The third kappa shape index (κ3) is 0.907. The predicted octanol–water partition coefficient (Wildman–Crippen LogP) is 3.86. The molecule has 78 valence electrons. The molecule has 0 heteroatoms. The van der Waals surface area contributed by atoms with E-state index in [0.717, 1.165) is 0 Å². The lowest BCUT2D eigenvalue weighted by Gasteiger charge is -2.43. The van der Waals surface area contributed by atoms with Crippen molar-refractivity contribution >= 4 is 0 Å². The van der Waals surface area contributed by atoms with Crippen molar-refractivity contribution in [1.82, 2.24) is 0 Å². The lowest BCUT2D eigenvalue weighted by Crippen LogP contribution is -2.35. The third-order valence-electron chi connectivity index (χ3n) is 6.19. The van der Waals surface area contributed by atoms with Gasteiger partial charge in [0.05, 0.1) is 0 Å². The van der Waals surface area contributed by atoms with Crippen molar-refractivity contribution in [3.05, 3.63) is 0 Å². The molecule has 0 aromatic carbocycles. The molecule has 4 aliphatic carbocycles. The average Bonchev–Trinajstić information content (AvgIpc) is 2.75. The molecule has 14 heavy (non-hydrogen) atoms. The summed E-state index contributed by atoms with van der Waals surface area (Å²) in [5.74, 6) is 7.18. The monoisotopic (exact) mass is 190 g/mol. The lowest BCUT2D eigenvalue weighted by molar-refractivity contribution is 0.0595. The fourth-order valence-electron chi connectivity index (χ4n) is 5.91. The smallest absolute Gasteiger partial charge is 0.0324 e. The first-order chi connectivity index (χ1) is 6.93. The molecular weight excluding hydrogens is 168 g/mol. The molecule has 6 atom stereocenters. The van der Waals surface area contributed by atoms with Crippen molar-refractivity contribution in [2.75, 3.05) is 0 Å². The molecule has 4 saturated carbocycles. The van der Waals surface area contributed by atoms with Gasteiger partial charge in [-0.15, -0.1) is 0 Å². The summed E-state index contributed by atoms with van der Waals surface area (Å²) in [5, 5.41) is 0. The van der Waals surface area contributed by atoms with Gasteiger partial charge in [0.1, 0.15) is 0 Å². The summed E-state index contributed by atoms with van der Waals surface area (Å²) >= 11 is 0. The maximum Gasteiger partial charge on any atom is -0.0324 e. The molecular formula is C14H22. The Morgan fingerprint density at radius 2 is 1.00 bits per heavy atom. The summed E-state index contributed by atoms with van der Waals surface area (Å²) in [7, 11) is 0. The van der Waals surface area contributed by atoms with E-state index in [1.54, 1.807) is 51.4 Å². The highest BCUT2D eigenvalue weighted by Crippen LogP contribution is 2.63. The fourth-order valence-corrected chi connectivity index (χ4v) is 5.91. The quantitative estimate of drug-likeness (QED) is 0.544. The Bertz CT molecular complexity index is 238. The summed E-state index contributed by atoms with van der Waals surface area (Å²) in [5.41, 5.74) is 0. The zero-order chi connectivity index (χ0) is 9.12. The zero-order valence-corrected chi connectivity index (χ0v) is 9.12. The molecule has 4 rings (SSSR count). The highest BCUT2D eigenvalue weighted by molar-refractivity contribution is 5.04. The van der Waals surface area contributed by atoms with Crippen LogP contribution in [-0.4, -0.2) is 0 Å². The number of hydrogen-bond donors (Lipinski definition) is 0. The minimum absolute atomic E-state index is 1.18. The van der Waals surface area contributed by atoms with E-state index < -0.39 is 0 Å². The van der Waals surface area contributed by atoms with Crippen LogP contribution in [0.4, 0.5) is 0 Å². The lowest BCUT2D eigenvalue weighted by atomic mass is 9.62. The minimum Gasteiger partial charge on any atom is -0.0528 e. The molecule has 6 unspecified atom stereocenters. The van der Waals surface area contributed by atoms with Crippen LogP contribution in [0.15, 0.2) is 0 Å². The largest absolute Gasteiger partial charge is 0.0528 e. The van der Waals surface area contributed by atoms with Crippen LogP contribution in [-0.2, 0) is 0 Å². The van der Waals surface area contributed by atoms with Crippen molar-refractivity contribution < 1.29 is 0 Å². The summed E-state index contributed by atoms with van der Waals surface area (Å²) in [4.78, 5) is 0. The molecule has 4 fully saturated rings. The molecule has 0 N–H and O–H groups in total. The summed E-state index contributed by atoms with van der Waals surface area (Å²) in [6.07, 6.45) is 12.8. The van der Waals surface area contributed by atoms with E-state index >= 15 is 0 Å². The normalized spacial score (nSPS) is 60.0. The van der Waals surface area contributed by atoms with Crippen molar-refractivity contribution in [1.29, 1.82) is 0 Å². The standard InChI is InChI=1S/C14H22/c1-2-9-4-5-10-6-7-12-8-11(3-1)13(9)14(10)12/h9-14H,1-8H2. The maximum absolute atomic E-state index is 1.64. The maximum atomic E-state index is 1.64. The van der Waals surface area contributed by atoms with Gasteiger partial charge in [-0.05, 0) is 67.6 Å². The van der Waals surface area contributed by atoms with Gasteiger partial charge in [0.25, 0.3) is 0 Å². The Morgan fingerprint density at radius 1 is 0.500 bits per heavy atom. The van der Waals surface area contributed by atoms with Gasteiger partial charge in [0.2, 0.25) is 0 Å². The second-order valence-corrected chi connectivity index (χ2v) is 6.52. The van der Waals surface area contributed by atoms with Gasteiger partial charge in [-0.1, -0.05) is 19.3 Å². The Labute approximate surface area is 87.5 Å². The van der Waals surface area contributed by atoms with Crippen molar-refractivity contribution in [3.63, 3.8) is 0 Å². The molecule has 0 radical (unpaired) electrons. The van der Waals surface area contributed by atoms with Gasteiger partial charge < -0.3 is 0 Å². The molecule has 0 spiro atoms. The number of rotatable bonds is 0. The highest BCUT2D eigenvalue weighted by atomic mass is 14.6. The van der Waals surface area contributed by atoms with E-state index in [0.29, 0.717) is 0 Å². The zero-order valence-electron chi connectivity index (χ0n) is 9.12. The van der Waals surface area contributed by atoms with Crippen LogP contribution in [0.5, 0.6) is 0 Å². The van der Waals surface area contributed by atoms with E-state index in [2.05, 4.69) is 0 Å². The first-order valence-electron chi connectivity index (χ1n) is 6.93. The Kier molecular flexibility index (Phi) is 1.62. The second-order valence-electron chi connectivity index (χ2n) is 6.52. The average molecular weight is 190 g/mol. The molecule has 0 aromatic rings. The minimum atomic E-state index is 1.18. The summed E-state index contributed by atoms with van der Waals surface area (Å²) in [6.45, 7) is 0. The molecule has 0 nitrogen and oxygen atoms in total. The van der Waals surface area contributed by atoms with Crippen LogP contribution in [0.25, 0.3) is 0 Å². The van der Waals surface area contributed by atoms with Crippen molar-refractivity contribution in [3.8, 4) is 0 Å². The topological polar surface area (TPSA) is 0 Å². The van der Waals surface area contributed by atoms with Crippen LogP contribution >= 0.6 is 0 Å². The van der Waals surface area contributed by atoms with Crippen LogP contribution in [0.3, 0.4) is 0 Å². The van der Waals surface area contributed by atoms with Gasteiger partial charge in [0, 0.05) is 0 Å². The van der Waals surface area contributed by atoms with Gasteiger partial charge in [-0.2, -0.15) is 0 Å². The molecule has 4 aliphatic rings. The van der Waals surface area contributed by atoms with Crippen molar-refractivity contribution in [2.45, 2.75) is 51.4 Å². The molecule has 0 saturated heterocycles. The Balaban J connectivity index is 1.72. The molecule has 0 aliphatic heterocycles. The van der Waals surface area contributed by atoms with Crippen molar-refractivity contribution in [2.24, 2.45) is 35.5 Å². The van der Waals surface area contributed by atoms with Crippen LogP contribution in [0.2, 0.25) is 0 Å². The summed E-state index contributed by atoms with van der Waals surface area (Å²) < 4.78 is 0. The van der Waals surface area contributed by atoms with E-state index in [1.807, 2.05) is 0 Å². The van der Waals surface area contributed by atoms with Crippen LogP contribution < -0.4 is 0 Å². The van der Waals surface area contributed by atoms with Gasteiger partial charge in [-0.3, -0.25) is 0 Å². The highest BCUT2D eigenvalue weighted by Gasteiger charge is 2.54. The van der Waals surface area contributed by atoms with Gasteiger partial charge in [0.15, 0.2) is 0 Å². The third-order valence-corrected chi connectivity index (χ3v) is 6.19. The molecule has 0 aromatic heterocycles.